The largest absolute Gasteiger partial charge is 0.491 e. The maximum Gasteiger partial charge on any atom is 0.275 e. The summed E-state index contributed by atoms with van der Waals surface area (Å²) in [6, 6.07) is 15.7. The maximum atomic E-state index is 13.3. The molecule has 0 amide bonds. The van der Waals surface area contributed by atoms with Crippen molar-refractivity contribution in [3.8, 4) is 21.9 Å². The van der Waals surface area contributed by atoms with Gasteiger partial charge in [-0.2, -0.15) is 0 Å². The molecule has 1 fully saturated rings. The lowest BCUT2D eigenvalue weighted by molar-refractivity contribution is -0.0128. The quantitative estimate of drug-likeness (QED) is 0.270. The highest BCUT2D eigenvalue weighted by atomic mass is 35.5. The number of benzene rings is 2. The molecule has 3 heterocycles. The normalized spacial score (nSPS) is 15.3. The van der Waals surface area contributed by atoms with Crippen molar-refractivity contribution in [1.82, 2.24) is 14.5 Å². The van der Waals surface area contributed by atoms with E-state index in [2.05, 4.69) is 54.9 Å². The van der Waals surface area contributed by atoms with E-state index in [-0.39, 0.29) is 5.56 Å². The number of ether oxygens (including phenoxy) is 1. The smallest absolute Gasteiger partial charge is 0.275 e. The van der Waals surface area contributed by atoms with E-state index in [1.165, 1.54) is 29.7 Å². The molecule has 1 saturated heterocycles. The van der Waals surface area contributed by atoms with Crippen LogP contribution in [0.3, 0.4) is 0 Å². The lowest BCUT2D eigenvalue weighted by Gasteiger charge is -2.49. The van der Waals surface area contributed by atoms with Crippen LogP contribution < -0.4 is 10.3 Å². The third-order valence-corrected chi connectivity index (χ3v) is 8.71. The Hall–Kier alpha value is -2.67. The molecule has 0 N–H and O–H groups in total. The van der Waals surface area contributed by atoms with Crippen molar-refractivity contribution >= 4 is 33.2 Å². The second kappa shape index (κ2) is 9.76. The highest BCUT2D eigenvalue weighted by Crippen LogP contribution is 2.37. The Bertz CT molecular complexity index is 1400. The van der Waals surface area contributed by atoms with Gasteiger partial charge in [0.1, 0.15) is 23.4 Å². The first-order chi connectivity index (χ1) is 16.9. The molecule has 5 rings (SSSR count). The summed E-state index contributed by atoms with van der Waals surface area (Å²) in [5.74, 6) is 0.632. The molecule has 35 heavy (non-hydrogen) atoms. The van der Waals surface area contributed by atoms with Crippen LogP contribution >= 0.6 is 22.9 Å². The molecule has 1 aliphatic heterocycles. The van der Waals surface area contributed by atoms with Crippen molar-refractivity contribution in [3.63, 3.8) is 0 Å². The number of nitrogens with zero attached hydrogens (tertiary/aromatic N) is 3. The number of thiophene rings is 1. The fourth-order valence-electron chi connectivity index (χ4n) is 4.76. The van der Waals surface area contributed by atoms with Gasteiger partial charge in [-0.3, -0.25) is 14.3 Å². The molecule has 0 unspecified atom stereocenters. The van der Waals surface area contributed by atoms with Gasteiger partial charge in [-0.25, -0.2) is 4.98 Å². The number of aromatic nitrogens is 2. The molecule has 2 aromatic carbocycles. The first-order valence-corrected chi connectivity index (χ1v) is 13.3. The van der Waals surface area contributed by atoms with Crippen LogP contribution in [-0.4, -0.2) is 40.7 Å². The number of hydrogen-bond donors (Lipinski definition) is 0. The van der Waals surface area contributed by atoms with Crippen LogP contribution in [0, 0.1) is 12.3 Å². The fraction of sp³-hybridized carbons (Fsp3) is 0.357. The molecular formula is C28H30ClN3O2S. The van der Waals surface area contributed by atoms with Gasteiger partial charge in [0.2, 0.25) is 0 Å². The standard InChI is InChI=1S/C28H30ClN3O2S/c1-4-28(5-2)16-31(17-28)12-13-34-24-11-10-21(14-22(24)29)32-18-30-23-15-25(35-26(23)27(32)33)20-8-6-19(3)7-9-20/h6-11,14-15,18H,4-5,12-13,16-17H2,1-3H3. The third kappa shape index (κ3) is 4.75. The second-order valence-corrected chi connectivity index (χ2v) is 11.0. The second-order valence-electron chi connectivity index (χ2n) is 9.49. The summed E-state index contributed by atoms with van der Waals surface area (Å²) in [6.07, 6.45) is 4.03. The molecular weight excluding hydrogens is 478 g/mol. The molecule has 2 aromatic heterocycles. The van der Waals surface area contributed by atoms with E-state index in [4.69, 9.17) is 16.3 Å². The molecule has 0 aliphatic carbocycles. The van der Waals surface area contributed by atoms with Gasteiger partial charge in [-0.05, 0) is 55.0 Å². The minimum atomic E-state index is -0.101. The van der Waals surface area contributed by atoms with Crippen LogP contribution in [0.2, 0.25) is 5.02 Å². The number of likely N-dealkylation sites (tertiary alicyclic amines) is 1. The predicted molar refractivity (Wildman–Crippen MR) is 145 cm³/mol. The van der Waals surface area contributed by atoms with Gasteiger partial charge >= 0.3 is 0 Å². The predicted octanol–water partition coefficient (Wildman–Crippen LogP) is 6.58. The van der Waals surface area contributed by atoms with E-state index in [0.717, 1.165) is 30.1 Å². The summed E-state index contributed by atoms with van der Waals surface area (Å²) in [4.78, 5) is 21.3. The summed E-state index contributed by atoms with van der Waals surface area (Å²) < 4.78 is 8.13. The molecule has 0 spiro atoms. The van der Waals surface area contributed by atoms with Gasteiger partial charge < -0.3 is 4.74 Å². The lowest BCUT2D eigenvalue weighted by Crippen LogP contribution is -2.56. The number of halogens is 1. The van der Waals surface area contributed by atoms with Gasteiger partial charge in [0.25, 0.3) is 5.56 Å². The Morgan fingerprint density at radius 3 is 2.51 bits per heavy atom. The van der Waals surface area contributed by atoms with Gasteiger partial charge in [0.15, 0.2) is 0 Å². The Kier molecular flexibility index (Phi) is 6.71. The first-order valence-electron chi connectivity index (χ1n) is 12.1. The molecule has 5 nitrogen and oxygen atoms in total. The zero-order valence-corrected chi connectivity index (χ0v) is 22.0. The SMILES string of the molecule is CCC1(CC)CN(CCOc2ccc(-n3cnc4cc(-c5ccc(C)cc5)sc4c3=O)cc2Cl)C1. The molecule has 182 valence electrons. The molecule has 7 heteroatoms. The monoisotopic (exact) mass is 507 g/mol. The Balaban J connectivity index is 1.30. The molecule has 0 saturated carbocycles. The highest BCUT2D eigenvalue weighted by molar-refractivity contribution is 7.22. The summed E-state index contributed by atoms with van der Waals surface area (Å²) in [6.45, 7) is 10.4. The minimum Gasteiger partial charge on any atom is -0.491 e. The minimum absolute atomic E-state index is 0.101. The van der Waals surface area contributed by atoms with Crippen molar-refractivity contribution in [1.29, 1.82) is 0 Å². The van der Waals surface area contributed by atoms with E-state index >= 15 is 0 Å². The maximum absolute atomic E-state index is 13.3. The summed E-state index contributed by atoms with van der Waals surface area (Å²) in [5, 5.41) is 0.487. The molecule has 1 aliphatic rings. The summed E-state index contributed by atoms with van der Waals surface area (Å²) in [7, 11) is 0. The van der Waals surface area contributed by atoms with Gasteiger partial charge in [-0.15, -0.1) is 11.3 Å². The molecule has 0 atom stereocenters. The molecule has 0 radical (unpaired) electrons. The number of rotatable bonds is 8. The Morgan fingerprint density at radius 1 is 1.09 bits per heavy atom. The van der Waals surface area contributed by atoms with Gasteiger partial charge in [-0.1, -0.05) is 55.3 Å². The Labute approximate surface area is 214 Å². The van der Waals surface area contributed by atoms with Crippen molar-refractivity contribution in [2.45, 2.75) is 33.6 Å². The van der Waals surface area contributed by atoms with Crippen LogP contribution in [0.25, 0.3) is 26.3 Å². The van der Waals surface area contributed by atoms with Crippen LogP contribution in [0.4, 0.5) is 0 Å². The first kappa shape index (κ1) is 24.0. The number of fused-ring (bicyclic) bond motifs is 1. The van der Waals surface area contributed by atoms with Crippen LogP contribution in [0.15, 0.2) is 59.7 Å². The van der Waals surface area contributed by atoms with Crippen LogP contribution in [0.1, 0.15) is 32.3 Å². The van der Waals surface area contributed by atoms with Crippen LogP contribution in [0.5, 0.6) is 5.75 Å². The van der Waals surface area contributed by atoms with Gasteiger partial charge in [0.05, 0.1) is 16.2 Å². The summed E-state index contributed by atoms with van der Waals surface area (Å²) in [5.41, 5.74) is 4.06. The topological polar surface area (TPSA) is 47.4 Å². The highest BCUT2D eigenvalue weighted by Gasteiger charge is 2.39. The Morgan fingerprint density at radius 2 is 1.83 bits per heavy atom. The fourth-order valence-corrected chi connectivity index (χ4v) is 6.03. The number of hydrogen-bond acceptors (Lipinski definition) is 5. The van der Waals surface area contributed by atoms with Gasteiger partial charge in [0, 0.05) is 24.5 Å². The van der Waals surface area contributed by atoms with Crippen molar-refractivity contribution < 1.29 is 4.74 Å². The van der Waals surface area contributed by atoms with Crippen LogP contribution in [-0.2, 0) is 0 Å². The average molecular weight is 508 g/mol. The number of aryl methyl sites for hydroxylation is 1. The molecule has 0 bridgehead atoms. The van der Waals surface area contributed by atoms with E-state index in [9.17, 15) is 4.79 Å². The third-order valence-electron chi connectivity index (χ3n) is 7.25. The average Bonchev–Trinajstić information content (AvgIpc) is 3.28. The van der Waals surface area contributed by atoms with Crippen molar-refractivity contribution in [2.24, 2.45) is 5.41 Å². The van der Waals surface area contributed by atoms with Crippen molar-refractivity contribution in [2.75, 3.05) is 26.2 Å². The van der Waals surface area contributed by atoms with E-state index in [0.29, 0.717) is 38.7 Å². The van der Waals surface area contributed by atoms with E-state index in [1.807, 2.05) is 18.2 Å². The van der Waals surface area contributed by atoms with Crippen molar-refractivity contribution in [3.05, 3.63) is 75.8 Å². The summed E-state index contributed by atoms with van der Waals surface area (Å²) >= 11 is 7.99. The van der Waals surface area contributed by atoms with E-state index in [1.54, 1.807) is 17.0 Å². The molecule has 4 aromatic rings. The zero-order valence-electron chi connectivity index (χ0n) is 20.4. The lowest BCUT2D eigenvalue weighted by atomic mass is 9.75. The zero-order chi connectivity index (χ0) is 24.6. The van der Waals surface area contributed by atoms with E-state index < -0.39 is 0 Å².